The number of methoxy groups -OCH3 is 1. The summed E-state index contributed by atoms with van der Waals surface area (Å²) in [7, 11) is 1.59. The molecule has 0 fully saturated rings. The van der Waals surface area contributed by atoms with Gasteiger partial charge in [0, 0.05) is 18.9 Å². The molecule has 0 unspecified atom stereocenters. The van der Waals surface area contributed by atoms with Crippen LogP contribution in [0.25, 0.3) is 22.1 Å². The molecule has 132 valence electrons. The maximum absolute atomic E-state index is 12.7. The van der Waals surface area contributed by atoms with Crippen molar-refractivity contribution in [1.29, 1.82) is 0 Å². The number of ketones is 1. The monoisotopic (exact) mass is 348 g/mol. The van der Waals surface area contributed by atoms with Crippen LogP contribution >= 0.6 is 0 Å². The van der Waals surface area contributed by atoms with Crippen LogP contribution in [0.4, 0.5) is 0 Å². The van der Waals surface area contributed by atoms with Gasteiger partial charge >= 0.3 is 0 Å². The molecule has 1 aliphatic carbocycles. The standard InChI is InChI=1S/C22H20O4/c1-22(2)11-16(24)21-15(23)10-18(26-19(21)12-22)20-14-7-5-4-6-13(14)8-9-17(20)25-3/h4-10H,11-12H2,1-3H3. The van der Waals surface area contributed by atoms with Crippen LogP contribution in [-0.2, 0) is 6.42 Å². The zero-order chi connectivity index (χ0) is 18.5. The lowest BCUT2D eigenvalue weighted by Crippen LogP contribution is -2.31. The highest BCUT2D eigenvalue weighted by Gasteiger charge is 2.35. The summed E-state index contributed by atoms with van der Waals surface area (Å²) in [5, 5.41) is 1.97. The predicted octanol–water partition coefficient (Wildman–Crippen LogP) is 4.62. The first kappa shape index (κ1) is 16.6. The zero-order valence-corrected chi connectivity index (χ0v) is 15.1. The van der Waals surface area contributed by atoms with E-state index >= 15 is 0 Å². The van der Waals surface area contributed by atoms with Gasteiger partial charge in [-0.05, 0) is 22.3 Å². The zero-order valence-electron chi connectivity index (χ0n) is 15.1. The number of carbonyl (C=O) groups excluding carboxylic acids is 1. The van der Waals surface area contributed by atoms with Crippen molar-refractivity contribution in [3.8, 4) is 17.1 Å². The fourth-order valence-electron chi connectivity index (χ4n) is 3.78. The van der Waals surface area contributed by atoms with Crippen molar-refractivity contribution < 1.29 is 13.9 Å². The Morgan fingerprint density at radius 2 is 1.77 bits per heavy atom. The van der Waals surface area contributed by atoms with E-state index in [1.165, 1.54) is 6.07 Å². The molecular formula is C22H20O4. The Balaban J connectivity index is 2.02. The fourth-order valence-corrected chi connectivity index (χ4v) is 3.78. The van der Waals surface area contributed by atoms with Crippen LogP contribution < -0.4 is 10.2 Å². The molecule has 0 saturated heterocycles. The van der Waals surface area contributed by atoms with E-state index in [1.807, 2.05) is 50.2 Å². The second-order valence-corrected chi connectivity index (χ2v) is 7.58. The molecule has 3 aromatic rings. The van der Waals surface area contributed by atoms with E-state index in [2.05, 4.69) is 0 Å². The van der Waals surface area contributed by atoms with Gasteiger partial charge in [-0.3, -0.25) is 9.59 Å². The van der Waals surface area contributed by atoms with Gasteiger partial charge in [0.05, 0.1) is 12.7 Å². The topological polar surface area (TPSA) is 56.5 Å². The van der Waals surface area contributed by atoms with Gasteiger partial charge in [0.15, 0.2) is 11.2 Å². The molecule has 26 heavy (non-hydrogen) atoms. The highest BCUT2D eigenvalue weighted by molar-refractivity contribution is 6.00. The molecule has 1 aliphatic rings. The highest BCUT2D eigenvalue weighted by Crippen LogP contribution is 2.39. The number of fused-ring (bicyclic) bond motifs is 2. The summed E-state index contributed by atoms with van der Waals surface area (Å²) in [5.74, 6) is 1.41. The van der Waals surface area contributed by atoms with E-state index in [9.17, 15) is 9.59 Å². The Labute approximate surface area is 151 Å². The van der Waals surface area contributed by atoms with Crippen molar-refractivity contribution in [2.45, 2.75) is 26.7 Å². The van der Waals surface area contributed by atoms with Crippen molar-refractivity contribution in [2.75, 3.05) is 7.11 Å². The van der Waals surface area contributed by atoms with E-state index < -0.39 is 0 Å². The smallest absolute Gasteiger partial charge is 0.196 e. The lowest BCUT2D eigenvalue weighted by Gasteiger charge is -2.28. The molecular weight excluding hydrogens is 328 g/mol. The van der Waals surface area contributed by atoms with Crippen LogP contribution in [0, 0.1) is 5.41 Å². The van der Waals surface area contributed by atoms with Crippen LogP contribution in [-0.4, -0.2) is 12.9 Å². The molecule has 0 aliphatic heterocycles. The Bertz CT molecular complexity index is 1090. The van der Waals surface area contributed by atoms with Crippen LogP contribution in [0.2, 0.25) is 0 Å². The van der Waals surface area contributed by atoms with Gasteiger partial charge < -0.3 is 9.15 Å². The number of hydrogen-bond acceptors (Lipinski definition) is 4. The van der Waals surface area contributed by atoms with Gasteiger partial charge in [0.2, 0.25) is 0 Å². The Morgan fingerprint density at radius 3 is 2.54 bits per heavy atom. The molecule has 4 heteroatoms. The minimum Gasteiger partial charge on any atom is -0.496 e. The van der Waals surface area contributed by atoms with E-state index in [0.29, 0.717) is 30.1 Å². The van der Waals surface area contributed by atoms with Gasteiger partial charge in [-0.25, -0.2) is 0 Å². The molecule has 4 nitrogen and oxygen atoms in total. The Hall–Kier alpha value is -2.88. The molecule has 0 N–H and O–H groups in total. The first-order valence-electron chi connectivity index (χ1n) is 8.66. The number of ether oxygens (including phenoxy) is 1. The predicted molar refractivity (Wildman–Crippen MR) is 101 cm³/mol. The maximum atomic E-state index is 12.7. The fraction of sp³-hybridized carbons (Fsp3) is 0.273. The number of hydrogen-bond donors (Lipinski definition) is 0. The normalized spacial score (nSPS) is 15.7. The van der Waals surface area contributed by atoms with Gasteiger partial charge in [0.25, 0.3) is 0 Å². The van der Waals surface area contributed by atoms with Crippen LogP contribution in [0.1, 0.15) is 36.4 Å². The summed E-state index contributed by atoms with van der Waals surface area (Å²) >= 11 is 0. The van der Waals surface area contributed by atoms with Crippen molar-refractivity contribution in [1.82, 2.24) is 0 Å². The van der Waals surface area contributed by atoms with E-state index in [-0.39, 0.29) is 22.2 Å². The summed E-state index contributed by atoms with van der Waals surface area (Å²) in [6, 6.07) is 13.1. The van der Waals surface area contributed by atoms with Crippen LogP contribution in [0.15, 0.2) is 51.7 Å². The Morgan fingerprint density at radius 1 is 1.00 bits per heavy atom. The van der Waals surface area contributed by atoms with E-state index in [1.54, 1.807) is 7.11 Å². The van der Waals surface area contributed by atoms with Crippen molar-refractivity contribution in [3.63, 3.8) is 0 Å². The SMILES string of the molecule is COc1ccc2ccccc2c1-c1cc(=O)c2c(o1)CC(C)(C)CC2=O. The molecule has 0 atom stereocenters. The minimum absolute atomic E-state index is 0.138. The summed E-state index contributed by atoms with van der Waals surface area (Å²) < 4.78 is 11.6. The number of rotatable bonds is 2. The Kier molecular flexibility index (Phi) is 3.72. The maximum Gasteiger partial charge on any atom is 0.196 e. The molecule has 0 spiro atoms. The second-order valence-electron chi connectivity index (χ2n) is 7.58. The van der Waals surface area contributed by atoms with Gasteiger partial charge in [-0.2, -0.15) is 0 Å². The summed E-state index contributed by atoms with van der Waals surface area (Å²) in [6.45, 7) is 4.03. The first-order chi connectivity index (χ1) is 12.4. The second kappa shape index (κ2) is 5.84. The third-order valence-electron chi connectivity index (χ3n) is 4.93. The highest BCUT2D eigenvalue weighted by atomic mass is 16.5. The van der Waals surface area contributed by atoms with Crippen molar-refractivity contribution >= 4 is 16.6 Å². The van der Waals surface area contributed by atoms with Crippen molar-refractivity contribution in [3.05, 3.63) is 64.0 Å². The molecule has 0 amide bonds. The quantitative estimate of drug-likeness (QED) is 0.678. The molecule has 0 radical (unpaired) electrons. The molecule has 0 bridgehead atoms. The third-order valence-corrected chi connectivity index (χ3v) is 4.93. The lowest BCUT2D eigenvalue weighted by molar-refractivity contribution is 0.0898. The average molecular weight is 348 g/mol. The van der Waals surface area contributed by atoms with Gasteiger partial charge in [-0.15, -0.1) is 0 Å². The van der Waals surface area contributed by atoms with Gasteiger partial charge in [0.1, 0.15) is 22.8 Å². The minimum atomic E-state index is -0.281. The van der Waals surface area contributed by atoms with Gasteiger partial charge in [-0.1, -0.05) is 44.2 Å². The molecule has 2 aromatic carbocycles. The molecule has 4 rings (SSSR count). The number of benzene rings is 2. The lowest BCUT2D eigenvalue weighted by atomic mass is 9.76. The summed E-state index contributed by atoms with van der Waals surface area (Å²) in [6.07, 6.45) is 0.923. The summed E-state index contributed by atoms with van der Waals surface area (Å²) in [4.78, 5) is 25.1. The largest absolute Gasteiger partial charge is 0.496 e. The average Bonchev–Trinajstić information content (AvgIpc) is 2.58. The van der Waals surface area contributed by atoms with Crippen molar-refractivity contribution in [2.24, 2.45) is 5.41 Å². The number of carbonyl (C=O) groups is 1. The van der Waals surface area contributed by atoms with Crippen LogP contribution in [0.5, 0.6) is 5.75 Å². The summed E-state index contributed by atoms with van der Waals surface area (Å²) in [5.41, 5.74) is 0.437. The number of Topliss-reactive ketones (excluding diaryl/α,β-unsaturated/α-hetero) is 1. The van der Waals surface area contributed by atoms with E-state index in [0.717, 1.165) is 16.3 Å². The van der Waals surface area contributed by atoms with E-state index in [4.69, 9.17) is 9.15 Å². The molecule has 1 heterocycles. The molecule has 1 aromatic heterocycles. The third kappa shape index (κ3) is 2.62. The molecule has 0 saturated carbocycles. The first-order valence-corrected chi connectivity index (χ1v) is 8.66. The van der Waals surface area contributed by atoms with Crippen LogP contribution in [0.3, 0.4) is 0 Å².